The maximum absolute atomic E-state index is 12.4. The molecule has 0 bridgehead atoms. The third-order valence-corrected chi connectivity index (χ3v) is 3.73. The minimum atomic E-state index is -4.26. The molecule has 0 aliphatic rings. The van der Waals surface area contributed by atoms with Crippen LogP contribution in [0.15, 0.2) is 24.3 Å². The van der Waals surface area contributed by atoms with E-state index in [0.717, 1.165) is 24.1 Å². The first-order valence-corrected chi connectivity index (χ1v) is 6.06. The molecule has 0 fully saturated rings. The number of rotatable bonds is 4. The number of hydrogen-bond acceptors (Lipinski definition) is 0. The van der Waals surface area contributed by atoms with E-state index in [1.54, 1.807) is 0 Å². The van der Waals surface area contributed by atoms with Crippen molar-refractivity contribution < 1.29 is 13.2 Å². The van der Waals surface area contributed by atoms with E-state index >= 15 is 0 Å². The van der Waals surface area contributed by atoms with Gasteiger partial charge in [-0.05, 0) is 36.0 Å². The quantitative estimate of drug-likeness (QED) is 0.679. The van der Waals surface area contributed by atoms with Crippen LogP contribution in [-0.2, 0) is 12.6 Å². The summed E-state index contributed by atoms with van der Waals surface area (Å²) >= 11 is 5.88. The average Bonchev–Trinajstić information content (AvgIpc) is 2.28. The zero-order valence-electron chi connectivity index (χ0n) is 9.94. The van der Waals surface area contributed by atoms with E-state index in [9.17, 15) is 13.2 Å². The van der Waals surface area contributed by atoms with Gasteiger partial charge in [0.05, 0.1) is 5.56 Å². The minimum Gasteiger partial charge on any atom is -0.166 e. The summed E-state index contributed by atoms with van der Waals surface area (Å²) < 4.78 is 37.1. The van der Waals surface area contributed by atoms with Crippen LogP contribution in [0.1, 0.15) is 31.4 Å². The summed E-state index contributed by atoms with van der Waals surface area (Å²) in [4.78, 5) is 0. The first-order valence-electron chi connectivity index (χ1n) is 5.53. The Balaban J connectivity index is 2.82. The fraction of sp³-hybridized carbons (Fsp3) is 0.538. The molecular weight excluding hydrogens is 249 g/mol. The van der Waals surface area contributed by atoms with Crippen molar-refractivity contribution in [3.63, 3.8) is 0 Å². The van der Waals surface area contributed by atoms with Gasteiger partial charge in [-0.15, -0.1) is 11.6 Å². The Hall–Kier alpha value is -0.700. The largest absolute Gasteiger partial charge is 0.416 e. The molecule has 0 spiro atoms. The summed E-state index contributed by atoms with van der Waals surface area (Å²) in [5.74, 6) is 0.504. The summed E-state index contributed by atoms with van der Waals surface area (Å²) in [5.41, 5.74) is 0.231. The molecule has 0 amide bonds. The lowest BCUT2D eigenvalue weighted by Gasteiger charge is -2.25. The van der Waals surface area contributed by atoms with Crippen molar-refractivity contribution in [2.75, 3.05) is 5.88 Å². The number of benzene rings is 1. The Bertz CT molecular complexity index is 350. The summed E-state index contributed by atoms with van der Waals surface area (Å²) in [6.07, 6.45) is -2.66. The van der Waals surface area contributed by atoms with Gasteiger partial charge in [-0.2, -0.15) is 13.2 Å². The molecule has 1 aromatic carbocycles. The van der Waals surface area contributed by atoms with Crippen molar-refractivity contribution >= 4 is 11.6 Å². The fourth-order valence-corrected chi connectivity index (χ4v) is 1.85. The maximum atomic E-state index is 12.4. The highest BCUT2D eigenvalue weighted by molar-refractivity contribution is 6.18. The van der Waals surface area contributed by atoms with Gasteiger partial charge in [0, 0.05) is 5.88 Å². The van der Waals surface area contributed by atoms with E-state index in [1.807, 2.05) is 13.8 Å². The molecule has 1 rings (SSSR count). The van der Waals surface area contributed by atoms with Gasteiger partial charge in [0.15, 0.2) is 0 Å². The van der Waals surface area contributed by atoms with Crippen LogP contribution < -0.4 is 0 Å². The predicted octanol–water partition coefficient (Wildman–Crippen LogP) is 4.90. The normalized spacial score (nSPS) is 15.6. The Labute approximate surface area is 105 Å². The average molecular weight is 265 g/mol. The molecule has 1 aromatic rings. The van der Waals surface area contributed by atoms with Gasteiger partial charge in [-0.1, -0.05) is 26.0 Å². The molecule has 96 valence electrons. The Morgan fingerprint density at radius 1 is 1.12 bits per heavy atom. The predicted molar refractivity (Wildman–Crippen MR) is 64.3 cm³/mol. The lowest BCUT2D eigenvalue weighted by atomic mass is 9.83. The lowest BCUT2D eigenvalue weighted by molar-refractivity contribution is -0.137. The monoisotopic (exact) mass is 264 g/mol. The molecule has 0 aliphatic heterocycles. The molecule has 0 aromatic heterocycles. The van der Waals surface area contributed by atoms with Crippen LogP contribution in [0.5, 0.6) is 0 Å². The third-order valence-electron chi connectivity index (χ3n) is 3.09. The van der Waals surface area contributed by atoms with Crippen LogP contribution in [0.4, 0.5) is 13.2 Å². The molecule has 0 saturated heterocycles. The number of halogens is 4. The molecule has 0 radical (unpaired) electrons. The van der Waals surface area contributed by atoms with Gasteiger partial charge in [-0.25, -0.2) is 0 Å². The van der Waals surface area contributed by atoms with E-state index in [-0.39, 0.29) is 5.41 Å². The Kier molecular flexibility index (Phi) is 4.48. The second kappa shape index (κ2) is 5.30. The summed E-state index contributed by atoms with van der Waals surface area (Å²) in [7, 11) is 0. The maximum Gasteiger partial charge on any atom is 0.416 e. The molecule has 17 heavy (non-hydrogen) atoms. The highest BCUT2D eigenvalue weighted by atomic mass is 35.5. The lowest BCUT2D eigenvalue weighted by Crippen LogP contribution is -2.20. The standard InChI is InChI=1S/C13H16ClF3/c1-3-12(2,9-14)8-10-4-6-11(7-5-10)13(15,16)17/h4-7H,3,8-9H2,1-2H3. The minimum absolute atomic E-state index is 0.0543. The molecule has 0 aliphatic carbocycles. The molecule has 0 N–H and O–H groups in total. The van der Waals surface area contributed by atoms with Gasteiger partial charge < -0.3 is 0 Å². The Morgan fingerprint density at radius 2 is 1.65 bits per heavy atom. The topological polar surface area (TPSA) is 0 Å². The Morgan fingerprint density at radius 3 is 2.00 bits per heavy atom. The van der Waals surface area contributed by atoms with Crippen molar-refractivity contribution in [1.82, 2.24) is 0 Å². The number of alkyl halides is 4. The fourth-order valence-electron chi connectivity index (χ4n) is 1.57. The zero-order chi connectivity index (χ0) is 13.1. The molecule has 4 heteroatoms. The number of hydrogen-bond donors (Lipinski definition) is 0. The van der Waals surface area contributed by atoms with E-state index < -0.39 is 11.7 Å². The summed E-state index contributed by atoms with van der Waals surface area (Å²) in [6.45, 7) is 4.07. The molecular formula is C13H16ClF3. The van der Waals surface area contributed by atoms with Crippen LogP contribution in [-0.4, -0.2) is 5.88 Å². The highest BCUT2D eigenvalue weighted by Gasteiger charge is 2.30. The molecule has 0 saturated carbocycles. The van der Waals surface area contributed by atoms with Crippen LogP contribution >= 0.6 is 11.6 Å². The highest BCUT2D eigenvalue weighted by Crippen LogP contribution is 2.31. The van der Waals surface area contributed by atoms with Crippen LogP contribution in [0.2, 0.25) is 0 Å². The van der Waals surface area contributed by atoms with Gasteiger partial charge in [0.25, 0.3) is 0 Å². The first-order chi connectivity index (χ1) is 7.80. The van der Waals surface area contributed by atoms with Crippen molar-refractivity contribution in [2.24, 2.45) is 5.41 Å². The van der Waals surface area contributed by atoms with Gasteiger partial charge >= 0.3 is 6.18 Å². The van der Waals surface area contributed by atoms with E-state index in [2.05, 4.69) is 0 Å². The van der Waals surface area contributed by atoms with Crippen LogP contribution in [0, 0.1) is 5.41 Å². The van der Waals surface area contributed by atoms with Crippen molar-refractivity contribution in [2.45, 2.75) is 32.9 Å². The second-order valence-corrected chi connectivity index (χ2v) is 4.94. The van der Waals surface area contributed by atoms with Crippen molar-refractivity contribution in [3.05, 3.63) is 35.4 Å². The molecule has 0 nitrogen and oxygen atoms in total. The van der Waals surface area contributed by atoms with Gasteiger partial charge in [-0.3, -0.25) is 0 Å². The first kappa shape index (κ1) is 14.4. The van der Waals surface area contributed by atoms with Gasteiger partial charge in [0.2, 0.25) is 0 Å². The zero-order valence-corrected chi connectivity index (χ0v) is 10.7. The van der Waals surface area contributed by atoms with E-state index in [0.29, 0.717) is 12.3 Å². The summed E-state index contributed by atoms with van der Waals surface area (Å²) in [5, 5.41) is 0. The third kappa shape index (κ3) is 3.91. The smallest absolute Gasteiger partial charge is 0.166 e. The van der Waals surface area contributed by atoms with Crippen molar-refractivity contribution in [3.8, 4) is 0 Å². The van der Waals surface area contributed by atoms with Crippen LogP contribution in [0.25, 0.3) is 0 Å². The van der Waals surface area contributed by atoms with Crippen molar-refractivity contribution in [1.29, 1.82) is 0 Å². The van der Waals surface area contributed by atoms with Gasteiger partial charge in [0.1, 0.15) is 0 Å². The van der Waals surface area contributed by atoms with E-state index in [4.69, 9.17) is 11.6 Å². The SMILES string of the molecule is CCC(C)(CCl)Cc1ccc(C(F)(F)F)cc1. The summed E-state index contributed by atoms with van der Waals surface area (Å²) in [6, 6.07) is 5.31. The second-order valence-electron chi connectivity index (χ2n) is 4.67. The molecule has 1 unspecified atom stereocenters. The molecule has 1 atom stereocenters. The molecule has 0 heterocycles. The van der Waals surface area contributed by atoms with E-state index in [1.165, 1.54) is 12.1 Å². The van der Waals surface area contributed by atoms with Crippen LogP contribution in [0.3, 0.4) is 0 Å².